The molecule has 1 unspecified atom stereocenters. The quantitative estimate of drug-likeness (QED) is 0.239. The van der Waals surface area contributed by atoms with E-state index in [1.54, 1.807) is 18.2 Å². The van der Waals surface area contributed by atoms with Gasteiger partial charge in [0.25, 0.3) is 0 Å². The van der Waals surface area contributed by atoms with Crippen LogP contribution in [0.15, 0.2) is 121 Å². The highest BCUT2D eigenvalue weighted by Crippen LogP contribution is 2.47. The van der Waals surface area contributed by atoms with E-state index in [0.29, 0.717) is 17.0 Å². The summed E-state index contributed by atoms with van der Waals surface area (Å²) in [5, 5.41) is 33.1. The molecule has 7 aromatic rings. The molecule has 0 spiro atoms. The molecule has 0 saturated carbocycles. The molecule has 0 amide bonds. The predicted octanol–water partition coefficient (Wildman–Crippen LogP) is 8.45. The van der Waals surface area contributed by atoms with Gasteiger partial charge >= 0.3 is 0 Å². The number of aliphatic hydroxyl groups excluding tert-OH is 1. The predicted molar refractivity (Wildman–Crippen MR) is 169 cm³/mol. The number of rotatable bonds is 3. The van der Waals surface area contributed by atoms with Crippen LogP contribution in [-0.2, 0) is 0 Å². The van der Waals surface area contributed by atoms with E-state index < -0.39 is 6.23 Å². The van der Waals surface area contributed by atoms with E-state index in [1.165, 1.54) is 0 Å². The molecule has 1 aliphatic heterocycles. The lowest BCUT2D eigenvalue weighted by Gasteiger charge is -2.26. The standard InChI is InChI=1S/C38H22N4O/c39-21-23-11-13-26(14-12-23)29-17-18-30-35-31(16-15-27(22-40)34(29)35)38(43)42-33-20-28(24-7-3-1-4-8-24)19-32(36(33)41-37(30)42)25-9-5-2-6-10-25/h1-20,38,43H. The molecule has 0 fully saturated rings. The molecule has 6 aromatic carbocycles. The van der Waals surface area contributed by atoms with E-state index in [2.05, 4.69) is 48.5 Å². The Balaban J connectivity index is 1.45. The fourth-order valence-electron chi connectivity index (χ4n) is 6.39. The first kappa shape index (κ1) is 24.8. The first-order valence-corrected chi connectivity index (χ1v) is 14.0. The lowest BCUT2D eigenvalue weighted by Crippen LogP contribution is -2.16. The van der Waals surface area contributed by atoms with Crippen molar-refractivity contribution in [3.8, 4) is 56.9 Å². The molecule has 8 rings (SSSR count). The Morgan fingerprint density at radius 1 is 0.605 bits per heavy atom. The number of aliphatic hydroxyl groups is 1. The number of fused-ring (bicyclic) bond motifs is 4. The average Bonchev–Trinajstić information content (AvgIpc) is 3.47. The molecule has 5 heteroatoms. The fraction of sp³-hybridized carbons (Fsp3) is 0.0263. The molecular weight excluding hydrogens is 528 g/mol. The van der Waals surface area contributed by atoms with Crippen molar-refractivity contribution in [3.05, 3.63) is 138 Å². The smallest absolute Gasteiger partial charge is 0.159 e. The zero-order valence-corrected chi connectivity index (χ0v) is 22.9. The summed E-state index contributed by atoms with van der Waals surface area (Å²) >= 11 is 0. The summed E-state index contributed by atoms with van der Waals surface area (Å²) in [5.74, 6) is 0.656. The van der Waals surface area contributed by atoms with Crippen molar-refractivity contribution in [2.75, 3.05) is 0 Å². The number of nitrogens with zero attached hydrogens (tertiary/aromatic N) is 4. The molecular formula is C38H22N4O. The molecule has 200 valence electrons. The lowest BCUT2D eigenvalue weighted by atomic mass is 9.87. The second-order valence-corrected chi connectivity index (χ2v) is 10.7. The molecule has 1 aliphatic rings. The fourth-order valence-corrected chi connectivity index (χ4v) is 6.39. The van der Waals surface area contributed by atoms with E-state index in [0.717, 1.165) is 66.3 Å². The van der Waals surface area contributed by atoms with Crippen LogP contribution in [0.4, 0.5) is 0 Å². The summed E-state index contributed by atoms with van der Waals surface area (Å²) in [5.41, 5.74) is 10.2. The van der Waals surface area contributed by atoms with E-state index >= 15 is 0 Å². The highest BCUT2D eigenvalue weighted by Gasteiger charge is 2.31. The van der Waals surface area contributed by atoms with Gasteiger partial charge in [-0.25, -0.2) is 4.98 Å². The minimum atomic E-state index is -1.01. The number of hydrogen-bond donors (Lipinski definition) is 1. The monoisotopic (exact) mass is 550 g/mol. The van der Waals surface area contributed by atoms with Crippen molar-refractivity contribution >= 4 is 21.8 Å². The van der Waals surface area contributed by atoms with E-state index in [-0.39, 0.29) is 0 Å². The Labute approximate surface area is 247 Å². The van der Waals surface area contributed by atoms with Gasteiger partial charge in [0.1, 0.15) is 5.82 Å². The van der Waals surface area contributed by atoms with Gasteiger partial charge in [0.15, 0.2) is 6.23 Å². The Hall–Kier alpha value is -6.01. The summed E-state index contributed by atoms with van der Waals surface area (Å²) in [4.78, 5) is 5.20. The van der Waals surface area contributed by atoms with E-state index in [1.807, 2.05) is 71.3 Å². The van der Waals surface area contributed by atoms with Gasteiger partial charge in [-0.2, -0.15) is 10.5 Å². The summed E-state index contributed by atoms with van der Waals surface area (Å²) < 4.78 is 1.92. The van der Waals surface area contributed by atoms with Crippen molar-refractivity contribution < 1.29 is 5.11 Å². The van der Waals surface area contributed by atoms with Gasteiger partial charge in [-0.05, 0) is 64.2 Å². The SMILES string of the molecule is N#Cc1ccc(-c2ccc3c4c(ccc(C#N)c24)C(O)n2c-3nc3c(-c4ccccc4)cc(-c4ccccc4)cc32)cc1. The van der Waals surface area contributed by atoms with Crippen LogP contribution in [0.3, 0.4) is 0 Å². The average molecular weight is 551 g/mol. The molecule has 0 aliphatic carbocycles. The van der Waals surface area contributed by atoms with Crippen LogP contribution in [0.25, 0.3) is 66.6 Å². The van der Waals surface area contributed by atoms with Gasteiger partial charge in [0, 0.05) is 27.5 Å². The largest absolute Gasteiger partial charge is 0.369 e. The molecule has 0 bridgehead atoms. The summed E-state index contributed by atoms with van der Waals surface area (Å²) in [7, 11) is 0. The van der Waals surface area contributed by atoms with E-state index in [9.17, 15) is 15.6 Å². The molecule has 43 heavy (non-hydrogen) atoms. The van der Waals surface area contributed by atoms with Crippen LogP contribution in [0.5, 0.6) is 0 Å². The number of nitriles is 2. The van der Waals surface area contributed by atoms with Crippen LogP contribution in [0.2, 0.25) is 0 Å². The third-order valence-corrected chi connectivity index (χ3v) is 8.39. The molecule has 1 N–H and O–H groups in total. The number of hydrogen-bond acceptors (Lipinski definition) is 4. The van der Waals surface area contributed by atoms with E-state index in [4.69, 9.17) is 4.98 Å². The second kappa shape index (κ2) is 9.53. The number of aromatic nitrogens is 2. The minimum absolute atomic E-state index is 0.521. The molecule has 0 radical (unpaired) electrons. The van der Waals surface area contributed by atoms with Crippen LogP contribution >= 0.6 is 0 Å². The first-order chi connectivity index (χ1) is 21.2. The summed E-state index contributed by atoms with van der Waals surface area (Å²) in [6.45, 7) is 0. The Morgan fingerprint density at radius 2 is 1.28 bits per heavy atom. The normalized spacial score (nSPS) is 13.4. The van der Waals surface area contributed by atoms with Gasteiger partial charge in [0.05, 0.1) is 34.3 Å². The summed E-state index contributed by atoms with van der Waals surface area (Å²) in [6, 6.07) is 44.3. The second-order valence-electron chi connectivity index (χ2n) is 10.7. The maximum Gasteiger partial charge on any atom is 0.159 e. The topological polar surface area (TPSA) is 85.6 Å². The van der Waals surface area contributed by atoms with Crippen molar-refractivity contribution in [3.63, 3.8) is 0 Å². The maximum absolute atomic E-state index is 12.0. The Bertz CT molecular complexity index is 2310. The summed E-state index contributed by atoms with van der Waals surface area (Å²) in [6.07, 6.45) is -1.01. The van der Waals surface area contributed by atoms with Gasteiger partial charge < -0.3 is 5.11 Å². The molecule has 1 atom stereocenters. The minimum Gasteiger partial charge on any atom is -0.369 e. The molecule has 0 saturated heterocycles. The van der Waals surface area contributed by atoms with Gasteiger partial charge in [-0.15, -0.1) is 0 Å². The van der Waals surface area contributed by atoms with Gasteiger partial charge in [-0.3, -0.25) is 4.57 Å². The van der Waals surface area contributed by atoms with Crippen molar-refractivity contribution in [2.24, 2.45) is 0 Å². The van der Waals surface area contributed by atoms with Crippen LogP contribution < -0.4 is 0 Å². The van der Waals surface area contributed by atoms with Crippen LogP contribution in [0.1, 0.15) is 22.9 Å². The van der Waals surface area contributed by atoms with Crippen LogP contribution in [0, 0.1) is 22.7 Å². The zero-order chi connectivity index (χ0) is 29.1. The molecule has 5 nitrogen and oxygen atoms in total. The number of imidazole rings is 1. The molecule has 1 aromatic heterocycles. The number of benzene rings is 6. The first-order valence-electron chi connectivity index (χ1n) is 14.0. The highest BCUT2D eigenvalue weighted by atomic mass is 16.3. The zero-order valence-electron chi connectivity index (χ0n) is 22.9. The third-order valence-electron chi connectivity index (χ3n) is 8.39. The maximum atomic E-state index is 12.0. The third kappa shape index (κ3) is 3.70. The van der Waals surface area contributed by atoms with Crippen LogP contribution in [-0.4, -0.2) is 14.7 Å². The molecule has 2 heterocycles. The van der Waals surface area contributed by atoms with Crippen molar-refractivity contribution in [1.29, 1.82) is 10.5 Å². The Morgan fingerprint density at radius 3 is 1.98 bits per heavy atom. The van der Waals surface area contributed by atoms with Gasteiger partial charge in [0.2, 0.25) is 0 Å². The van der Waals surface area contributed by atoms with Crippen molar-refractivity contribution in [1.82, 2.24) is 9.55 Å². The highest BCUT2D eigenvalue weighted by molar-refractivity contribution is 6.11. The van der Waals surface area contributed by atoms with Gasteiger partial charge in [-0.1, -0.05) is 84.9 Å². The lowest BCUT2D eigenvalue weighted by molar-refractivity contribution is 0.152. The Kier molecular flexibility index (Phi) is 5.49. The van der Waals surface area contributed by atoms with Crippen molar-refractivity contribution in [2.45, 2.75) is 6.23 Å².